The van der Waals surface area contributed by atoms with Crippen LogP contribution in [0.3, 0.4) is 0 Å². The first-order chi connectivity index (χ1) is 11.0. The molecule has 0 aromatic heterocycles. The largest absolute Gasteiger partial charge is 0.493 e. The van der Waals surface area contributed by atoms with Crippen LogP contribution in [0.1, 0.15) is 22.0 Å². The molecule has 2 aromatic carbocycles. The van der Waals surface area contributed by atoms with E-state index in [9.17, 15) is 20.0 Å². The highest BCUT2D eigenvalue weighted by molar-refractivity contribution is 5.91. The number of ether oxygens (including phenoxy) is 2. The molecule has 0 spiro atoms. The summed E-state index contributed by atoms with van der Waals surface area (Å²) in [6.45, 7) is -0.619. The van der Waals surface area contributed by atoms with Gasteiger partial charge in [-0.15, -0.1) is 0 Å². The lowest BCUT2D eigenvalue weighted by Gasteiger charge is -2.12. The van der Waals surface area contributed by atoms with E-state index in [1.807, 2.05) is 0 Å². The molecular weight excluding hydrogens is 302 g/mol. The molecular formula is C16H15NO6. The van der Waals surface area contributed by atoms with E-state index in [2.05, 4.69) is 0 Å². The Hall–Kier alpha value is -2.93. The number of hydrogen-bond acceptors (Lipinski definition) is 6. The van der Waals surface area contributed by atoms with Crippen LogP contribution in [0.2, 0.25) is 0 Å². The summed E-state index contributed by atoms with van der Waals surface area (Å²) < 4.78 is 10.4. The van der Waals surface area contributed by atoms with E-state index >= 15 is 0 Å². The Kier molecular flexibility index (Phi) is 5.27. The van der Waals surface area contributed by atoms with Gasteiger partial charge in [0, 0.05) is 4.92 Å². The van der Waals surface area contributed by atoms with Crippen LogP contribution in [0, 0.1) is 10.1 Å². The summed E-state index contributed by atoms with van der Waals surface area (Å²) in [4.78, 5) is 21.9. The third kappa shape index (κ3) is 4.27. The van der Waals surface area contributed by atoms with Crippen LogP contribution in [0.5, 0.6) is 11.5 Å². The maximum absolute atomic E-state index is 12.0. The highest BCUT2D eigenvalue weighted by Crippen LogP contribution is 2.31. The number of rotatable bonds is 6. The summed E-state index contributed by atoms with van der Waals surface area (Å²) in [7, 11) is 1.37. The maximum Gasteiger partial charge on any atom is 0.343 e. The van der Waals surface area contributed by atoms with E-state index in [0.29, 0.717) is 11.1 Å². The molecule has 1 N–H and O–H groups in total. The van der Waals surface area contributed by atoms with Gasteiger partial charge in [-0.2, -0.15) is 0 Å². The average molecular weight is 317 g/mol. The quantitative estimate of drug-likeness (QED) is 0.379. The number of aliphatic hydroxyl groups is 1. The van der Waals surface area contributed by atoms with Gasteiger partial charge in [0.1, 0.15) is 6.10 Å². The standard InChI is InChI=1S/C16H15NO6/c1-22-15-9-12(13(18)10-17(20)21)7-8-14(15)23-16(19)11-5-3-2-4-6-11/h2-9,13,18H,10H2,1H3/t13-/m1/s1. The number of hydrogen-bond donors (Lipinski definition) is 1. The molecule has 0 aliphatic rings. The molecule has 0 saturated heterocycles. The van der Waals surface area contributed by atoms with Gasteiger partial charge in [0.15, 0.2) is 11.5 Å². The van der Waals surface area contributed by atoms with Gasteiger partial charge in [-0.1, -0.05) is 24.3 Å². The van der Waals surface area contributed by atoms with E-state index < -0.39 is 23.5 Å². The number of benzene rings is 2. The minimum atomic E-state index is -1.27. The molecule has 2 rings (SSSR count). The highest BCUT2D eigenvalue weighted by atomic mass is 16.6. The van der Waals surface area contributed by atoms with Crippen molar-refractivity contribution in [2.24, 2.45) is 0 Å². The molecule has 0 heterocycles. The number of carbonyl (C=O) groups excluding carboxylic acids is 1. The Balaban J connectivity index is 2.20. The molecule has 7 nitrogen and oxygen atoms in total. The van der Waals surface area contributed by atoms with Gasteiger partial charge in [-0.25, -0.2) is 4.79 Å². The molecule has 0 bridgehead atoms. The van der Waals surface area contributed by atoms with Crippen molar-refractivity contribution in [3.05, 3.63) is 69.8 Å². The highest BCUT2D eigenvalue weighted by Gasteiger charge is 2.18. The first kappa shape index (κ1) is 16.4. The van der Waals surface area contributed by atoms with Gasteiger partial charge < -0.3 is 14.6 Å². The van der Waals surface area contributed by atoms with Crippen LogP contribution in [-0.2, 0) is 0 Å². The zero-order chi connectivity index (χ0) is 16.8. The topological polar surface area (TPSA) is 98.9 Å². The Morgan fingerprint density at radius 3 is 2.52 bits per heavy atom. The van der Waals surface area contributed by atoms with Gasteiger partial charge >= 0.3 is 5.97 Å². The molecule has 0 saturated carbocycles. The van der Waals surface area contributed by atoms with Crippen molar-refractivity contribution in [3.8, 4) is 11.5 Å². The van der Waals surface area contributed by atoms with Crippen LogP contribution in [0.15, 0.2) is 48.5 Å². The molecule has 23 heavy (non-hydrogen) atoms. The molecule has 0 aliphatic heterocycles. The molecule has 0 radical (unpaired) electrons. The molecule has 0 unspecified atom stereocenters. The van der Waals surface area contributed by atoms with Crippen molar-refractivity contribution in [2.45, 2.75) is 6.10 Å². The third-order valence-electron chi connectivity index (χ3n) is 3.11. The third-order valence-corrected chi connectivity index (χ3v) is 3.11. The van der Waals surface area contributed by atoms with E-state index in [0.717, 1.165) is 0 Å². The Bertz CT molecular complexity index is 701. The van der Waals surface area contributed by atoms with Crippen molar-refractivity contribution in [2.75, 3.05) is 13.7 Å². The van der Waals surface area contributed by atoms with Crippen molar-refractivity contribution in [1.82, 2.24) is 0 Å². The summed E-state index contributed by atoms with van der Waals surface area (Å²) in [5.41, 5.74) is 0.685. The molecule has 0 amide bonds. The van der Waals surface area contributed by atoms with Gasteiger partial charge in [-0.3, -0.25) is 10.1 Å². The number of carbonyl (C=O) groups is 1. The van der Waals surface area contributed by atoms with Crippen molar-refractivity contribution < 1.29 is 24.3 Å². The predicted octanol–water partition coefficient (Wildman–Crippen LogP) is 2.22. The predicted molar refractivity (Wildman–Crippen MR) is 81.2 cm³/mol. The Labute approximate surface area is 132 Å². The van der Waals surface area contributed by atoms with Crippen molar-refractivity contribution >= 4 is 5.97 Å². The van der Waals surface area contributed by atoms with Crippen molar-refractivity contribution in [3.63, 3.8) is 0 Å². The van der Waals surface area contributed by atoms with Gasteiger partial charge in [0.2, 0.25) is 6.54 Å². The number of nitrogens with zero attached hydrogens (tertiary/aromatic N) is 1. The average Bonchev–Trinajstić information content (AvgIpc) is 2.55. The normalized spacial score (nSPS) is 11.6. The van der Waals surface area contributed by atoms with Gasteiger partial charge in [0.05, 0.1) is 12.7 Å². The summed E-state index contributed by atoms with van der Waals surface area (Å²) in [6, 6.07) is 12.7. The maximum atomic E-state index is 12.0. The monoisotopic (exact) mass is 317 g/mol. The van der Waals surface area contributed by atoms with Crippen molar-refractivity contribution in [1.29, 1.82) is 0 Å². The zero-order valence-corrected chi connectivity index (χ0v) is 12.3. The minimum Gasteiger partial charge on any atom is -0.493 e. The number of esters is 1. The summed E-state index contributed by atoms with van der Waals surface area (Å²) in [5.74, 6) is -0.185. The molecule has 0 aliphatic carbocycles. The fraction of sp³-hybridized carbons (Fsp3) is 0.188. The van der Waals surface area contributed by atoms with Crippen LogP contribution in [-0.4, -0.2) is 29.7 Å². The molecule has 120 valence electrons. The van der Waals surface area contributed by atoms with Gasteiger partial charge in [-0.05, 0) is 29.8 Å². The minimum absolute atomic E-state index is 0.165. The second-order valence-electron chi connectivity index (χ2n) is 4.70. The Morgan fingerprint density at radius 1 is 1.22 bits per heavy atom. The van der Waals surface area contributed by atoms with E-state index in [1.54, 1.807) is 30.3 Å². The zero-order valence-electron chi connectivity index (χ0n) is 12.3. The molecule has 0 fully saturated rings. The fourth-order valence-electron chi connectivity index (χ4n) is 1.96. The lowest BCUT2D eigenvalue weighted by Crippen LogP contribution is -2.12. The Morgan fingerprint density at radius 2 is 1.91 bits per heavy atom. The molecule has 1 atom stereocenters. The van der Waals surface area contributed by atoms with Crippen LogP contribution in [0.25, 0.3) is 0 Å². The lowest BCUT2D eigenvalue weighted by atomic mass is 10.1. The summed E-state index contributed by atoms with van der Waals surface area (Å²) >= 11 is 0. The second kappa shape index (κ2) is 7.37. The van der Waals surface area contributed by atoms with Gasteiger partial charge in [0.25, 0.3) is 0 Å². The molecule has 2 aromatic rings. The lowest BCUT2D eigenvalue weighted by molar-refractivity contribution is -0.491. The smallest absolute Gasteiger partial charge is 0.343 e. The SMILES string of the molecule is COc1cc([C@H](O)C[N+](=O)[O-])ccc1OC(=O)c1ccccc1. The first-order valence-electron chi connectivity index (χ1n) is 6.76. The van der Waals surface area contributed by atoms with E-state index in [1.165, 1.54) is 25.3 Å². The van der Waals surface area contributed by atoms with Crippen LogP contribution in [0.4, 0.5) is 0 Å². The van der Waals surface area contributed by atoms with Crippen LogP contribution >= 0.6 is 0 Å². The van der Waals surface area contributed by atoms with Crippen LogP contribution < -0.4 is 9.47 Å². The fourth-order valence-corrected chi connectivity index (χ4v) is 1.96. The number of nitro groups is 1. The number of aliphatic hydroxyl groups excluding tert-OH is 1. The van der Waals surface area contributed by atoms with E-state index in [-0.39, 0.29) is 11.5 Å². The summed E-state index contributed by atoms with van der Waals surface area (Å²) in [5, 5.41) is 20.2. The first-order valence-corrected chi connectivity index (χ1v) is 6.76. The molecule has 7 heteroatoms. The number of methoxy groups -OCH3 is 1. The van der Waals surface area contributed by atoms with E-state index in [4.69, 9.17) is 9.47 Å². The second-order valence-corrected chi connectivity index (χ2v) is 4.70. The summed E-state index contributed by atoms with van der Waals surface area (Å²) in [6.07, 6.45) is -1.27.